The molecule has 1 aliphatic heterocycles. The number of anilines is 1. The zero-order chi connectivity index (χ0) is 11.9. The van der Waals surface area contributed by atoms with Crippen LogP contribution in [0.1, 0.15) is 44.4 Å². The predicted octanol–water partition coefficient (Wildman–Crippen LogP) is 2.60. The summed E-state index contributed by atoms with van der Waals surface area (Å²) in [6, 6.07) is 0. The van der Waals surface area contributed by atoms with Gasteiger partial charge in [-0.05, 0) is 20.3 Å². The molecule has 1 saturated heterocycles. The topological polar surface area (TPSA) is 29.0 Å². The minimum atomic E-state index is 0.0308. The van der Waals surface area contributed by atoms with E-state index in [-0.39, 0.29) is 5.41 Å². The molecular weight excluding hydrogens is 198 g/mol. The van der Waals surface area contributed by atoms with Gasteiger partial charge in [0.15, 0.2) is 0 Å². The van der Waals surface area contributed by atoms with E-state index in [9.17, 15) is 0 Å². The zero-order valence-electron chi connectivity index (χ0n) is 11.0. The van der Waals surface area contributed by atoms with Crippen LogP contribution in [0.15, 0.2) is 0 Å². The van der Waals surface area contributed by atoms with Crippen LogP contribution in [0.5, 0.6) is 0 Å². The second-order valence-electron chi connectivity index (χ2n) is 5.66. The maximum atomic E-state index is 4.66. The molecule has 16 heavy (non-hydrogen) atoms. The summed E-state index contributed by atoms with van der Waals surface area (Å²) in [7, 11) is 0. The fraction of sp³-hybridized carbons (Fsp3) is 0.692. The normalized spacial score (nSPS) is 16.2. The van der Waals surface area contributed by atoms with E-state index in [2.05, 4.69) is 49.5 Å². The molecule has 1 aromatic heterocycles. The first-order valence-corrected chi connectivity index (χ1v) is 6.00. The lowest BCUT2D eigenvalue weighted by atomic mass is 9.95. The van der Waals surface area contributed by atoms with Crippen molar-refractivity contribution in [3.05, 3.63) is 17.2 Å². The van der Waals surface area contributed by atoms with Crippen LogP contribution in [-0.2, 0) is 5.41 Å². The van der Waals surface area contributed by atoms with Crippen molar-refractivity contribution in [1.29, 1.82) is 0 Å². The van der Waals surface area contributed by atoms with Gasteiger partial charge < -0.3 is 4.90 Å². The molecule has 0 bridgehead atoms. The monoisotopic (exact) mass is 219 g/mol. The number of hydrogen-bond acceptors (Lipinski definition) is 3. The summed E-state index contributed by atoms with van der Waals surface area (Å²) in [5.74, 6) is 0.951. The Kier molecular flexibility index (Phi) is 2.64. The predicted molar refractivity (Wildman–Crippen MR) is 67.0 cm³/mol. The first-order chi connectivity index (χ1) is 7.39. The van der Waals surface area contributed by atoms with Crippen LogP contribution in [0.4, 0.5) is 5.69 Å². The van der Waals surface area contributed by atoms with Crippen molar-refractivity contribution in [2.45, 2.75) is 46.5 Å². The molecule has 3 heteroatoms. The molecule has 1 aliphatic rings. The summed E-state index contributed by atoms with van der Waals surface area (Å²) < 4.78 is 0. The number of rotatable bonds is 1. The fourth-order valence-corrected chi connectivity index (χ4v) is 2.04. The summed E-state index contributed by atoms with van der Waals surface area (Å²) >= 11 is 0. The summed E-state index contributed by atoms with van der Waals surface area (Å²) in [6.07, 6.45) is 1.29. The summed E-state index contributed by atoms with van der Waals surface area (Å²) in [5, 5.41) is 0. The minimum Gasteiger partial charge on any atom is -0.368 e. The van der Waals surface area contributed by atoms with Gasteiger partial charge in [0, 0.05) is 18.5 Å². The van der Waals surface area contributed by atoms with Crippen molar-refractivity contribution in [1.82, 2.24) is 9.97 Å². The summed E-state index contributed by atoms with van der Waals surface area (Å²) in [4.78, 5) is 11.7. The number of aromatic nitrogens is 2. The average Bonchev–Trinajstić information content (AvgIpc) is 2.05. The Hall–Kier alpha value is -1.12. The molecule has 1 fully saturated rings. The molecule has 0 atom stereocenters. The fourth-order valence-electron chi connectivity index (χ4n) is 2.04. The van der Waals surface area contributed by atoms with E-state index >= 15 is 0 Å². The third-order valence-corrected chi connectivity index (χ3v) is 3.08. The Balaban J connectivity index is 2.43. The van der Waals surface area contributed by atoms with Crippen LogP contribution in [0, 0.1) is 13.8 Å². The molecular formula is C13H21N3. The van der Waals surface area contributed by atoms with Crippen molar-refractivity contribution in [2.24, 2.45) is 0 Å². The number of nitrogens with zero attached hydrogens (tertiary/aromatic N) is 3. The third kappa shape index (κ3) is 1.91. The van der Waals surface area contributed by atoms with Crippen molar-refractivity contribution < 1.29 is 0 Å². The molecule has 0 spiro atoms. The van der Waals surface area contributed by atoms with Gasteiger partial charge in [0.2, 0.25) is 0 Å². The molecule has 0 radical (unpaired) electrons. The summed E-state index contributed by atoms with van der Waals surface area (Å²) in [6.45, 7) is 13.0. The molecule has 2 rings (SSSR count). The van der Waals surface area contributed by atoms with Gasteiger partial charge in [0.05, 0.1) is 17.1 Å². The van der Waals surface area contributed by atoms with Crippen LogP contribution >= 0.6 is 0 Å². The van der Waals surface area contributed by atoms with Crippen molar-refractivity contribution >= 4 is 5.69 Å². The first kappa shape index (κ1) is 11.4. The van der Waals surface area contributed by atoms with E-state index in [1.54, 1.807) is 0 Å². The van der Waals surface area contributed by atoms with Gasteiger partial charge in [-0.2, -0.15) is 0 Å². The molecule has 2 heterocycles. The smallest absolute Gasteiger partial charge is 0.134 e. The van der Waals surface area contributed by atoms with Gasteiger partial charge in [0.25, 0.3) is 0 Å². The van der Waals surface area contributed by atoms with Gasteiger partial charge >= 0.3 is 0 Å². The van der Waals surface area contributed by atoms with Crippen molar-refractivity contribution in [3.8, 4) is 0 Å². The molecule has 0 aromatic carbocycles. The Labute approximate surface area is 97.9 Å². The highest BCUT2D eigenvalue weighted by Crippen LogP contribution is 2.29. The van der Waals surface area contributed by atoms with Crippen LogP contribution in [0.2, 0.25) is 0 Å². The Morgan fingerprint density at radius 1 is 1.00 bits per heavy atom. The second kappa shape index (κ2) is 3.72. The third-order valence-electron chi connectivity index (χ3n) is 3.08. The van der Waals surface area contributed by atoms with Gasteiger partial charge in [-0.15, -0.1) is 0 Å². The van der Waals surface area contributed by atoms with Gasteiger partial charge in [-0.1, -0.05) is 20.8 Å². The lowest BCUT2D eigenvalue weighted by molar-refractivity contribution is 0.537. The zero-order valence-corrected chi connectivity index (χ0v) is 11.0. The lowest BCUT2D eigenvalue weighted by Crippen LogP contribution is -2.38. The van der Waals surface area contributed by atoms with Crippen LogP contribution in [0.25, 0.3) is 0 Å². The quantitative estimate of drug-likeness (QED) is 0.727. The van der Waals surface area contributed by atoms with Crippen molar-refractivity contribution in [3.63, 3.8) is 0 Å². The molecule has 88 valence electrons. The van der Waals surface area contributed by atoms with Gasteiger partial charge in [-0.25, -0.2) is 9.97 Å². The van der Waals surface area contributed by atoms with Gasteiger partial charge in [-0.3, -0.25) is 0 Å². The van der Waals surface area contributed by atoms with Crippen LogP contribution in [-0.4, -0.2) is 23.1 Å². The highest BCUT2D eigenvalue weighted by atomic mass is 15.2. The first-order valence-electron chi connectivity index (χ1n) is 6.00. The van der Waals surface area contributed by atoms with Gasteiger partial charge in [0.1, 0.15) is 5.82 Å². The second-order valence-corrected chi connectivity index (χ2v) is 5.66. The Morgan fingerprint density at radius 3 is 1.81 bits per heavy atom. The van der Waals surface area contributed by atoms with E-state index in [0.717, 1.165) is 30.3 Å². The maximum absolute atomic E-state index is 4.66. The maximum Gasteiger partial charge on any atom is 0.134 e. The van der Waals surface area contributed by atoms with E-state index in [0.29, 0.717) is 0 Å². The van der Waals surface area contributed by atoms with E-state index in [1.807, 2.05) is 0 Å². The molecule has 0 N–H and O–H groups in total. The Bertz CT molecular complexity index is 377. The molecule has 1 aromatic rings. The average molecular weight is 219 g/mol. The molecule has 0 amide bonds. The molecule has 3 nitrogen and oxygen atoms in total. The van der Waals surface area contributed by atoms with E-state index in [1.165, 1.54) is 12.1 Å². The SMILES string of the molecule is Cc1nc(C(C)(C)C)nc(C)c1N1CCC1. The lowest BCUT2D eigenvalue weighted by Gasteiger charge is -2.35. The molecule has 0 unspecified atom stereocenters. The molecule has 0 aliphatic carbocycles. The standard InChI is InChI=1S/C13H21N3/c1-9-11(16-7-6-8-16)10(2)15-12(14-9)13(3,4)5/h6-8H2,1-5H3. The highest BCUT2D eigenvalue weighted by Gasteiger charge is 2.24. The van der Waals surface area contributed by atoms with Crippen molar-refractivity contribution in [2.75, 3.05) is 18.0 Å². The number of aryl methyl sites for hydroxylation is 2. The van der Waals surface area contributed by atoms with Crippen LogP contribution in [0.3, 0.4) is 0 Å². The summed E-state index contributed by atoms with van der Waals surface area (Å²) in [5.41, 5.74) is 3.52. The minimum absolute atomic E-state index is 0.0308. The molecule has 0 saturated carbocycles. The van der Waals surface area contributed by atoms with E-state index < -0.39 is 0 Å². The highest BCUT2D eigenvalue weighted by molar-refractivity contribution is 5.55. The van der Waals surface area contributed by atoms with E-state index in [4.69, 9.17) is 0 Å². The van der Waals surface area contributed by atoms with Crippen LogP contribution < -0.4 is 4.90 Å². The Morgan fingerprint density at radius 2 is 1.50 bits per heavy atom. The largest absolute Gasteiger partial charge is 0.368 e. The number of hydrogen-bond donors (Lipinski definition) is 0.